The molecule has 0 unspecified atom stereocenters. The van der Waals surface area contributed by atoms with Crippen LogP contribution in [0.1, 0.15) is 40.2 Å². The number of rotatable bonds is 5. The summed E-state index contributed by atoms with van der Waals surface area (Å²) >= 11 is 0. The van der Waals surface area contributed by atoms with Gasteiger partial charge in [-0.15, -0.1) is 0 Å². The first-order chi connectivity index (χ1) is 15.9. The van der Waals surface area contributed by atoms with E-state index in [4.69, 9.17) is 24.7 Å². The molecule has 2 aliphatic heterocycles. The van der Waals surface area contributed by atoms with E-state index in [1.54, 1.807) is 52.0 Å². The Kier molecular flexibility index (Phi) is 6.46. The molecule has 0 radical (unpaired) electrons. The molecule has 0 bridgehead atoms. The second-order valence-corrected chi connectivity index (χ2v) is 8.73. The third kappa shape index (κ3) is 3.89. The molecule has 0 fully saturated rings. The van der Waals surface area contributed by atoms with E-state index < -0.39 is 34.9 Å². The number of methoxy groups -OCH3 is 1. The molecule has 1 spiro atoms. The molecule has 10 nitrogen and oxygen atoms in total. The lowest BCUT2D eigenvalue weighted by molar-refractivity contribution is -0.152. The number of benzene rings is 1. The van der Waals surface area contributed by atoms with Gasteiger partial charge in [0.25, 0.3) is 0 Å². The number of esters is 4. The summed E-state index contributed by atoms with van der Waals surface area (Å²) in [6.07, 6.45) is 0. The second kappa shape index (κ2) is 8.85. The molecule has 0 amide bonds. The summed E-state index contributed by atoms with van der Waals surface area (Å²) in [5.41, 5.74) is 3.52. The fraction of sp³-hybridized carbons (Fsp3) is 0.417. The molecule has 34 heavy (non-hydrogen) atoms. The maximum absolute atomic E-state index is 13.6. The van der Waals surface area contributed by atoms with Crippen LogP contribution < -0.4 is 10.6 Å². The van der Waals surface area contributed by atoms with Crippen molar-refractivity contribution in [3.63, 3.8) is 0 Å². The highest BCUT2D eigenvalue weighted by Gasteiger charge is 2.63. The normalized spacial score (nSPS) is 19.7. The Balaban J connectivity index is 2.41. The number of cyclic esters (lactones) is 1. The molecule has 1 aromatic rings. The summed E-state index contributed by atoms with van der Waals surface area (Å²) in [5.74, 6) is -3.58. The predicted octanol–water partition coefficient (Wildman–Crippen LogP) is 1.82. The number of nitrogens with two attached hydrogens (primary N) is 1. The van der Waals surface area contributed by atoms with E-state index >= 15 is 0 Å². The van der Waals surface area contributed by atoms with Gasteiger partial charge in [0.1, 0.15) is 34.9 Å². The van der Waals surface area contributed by atoms with Gasteiger partial charge in [0.05, 0.1) is 13.7 Å². The Morgan fingerprint density at radius 1 is 1.12 bits per heavy atom. The van der Waals surface area contributed by atoms with Crippen molar-refractivity contribution in [2.45, 2.75) is 45.6 Å². The van der Waals surface area contributed by atoms with Gasteiger partial charge in [-0.2, -0.15) is 0 Å². The van der Waals surface area contributed by atoms with Crippen molar-refractivity contribution >= 4 is 29.6 Å². The van der Waals surface area contributed by atoms with Crippen LogP contribution in [-0.4, -0.2) is 49.7 Å². The van der Waals surface area contributed by atoms with Crippen molar-refractivity contribution in [2.24, 2.45) is 5.73 Å². The van der Waals surface area contributed by atoms with Gasteiger partial charge in [0, 0.05) is 11.3 Å². The van der Waals surface area contributed by atoms with Crippen LogP contribution in [0.4, 0.5) is 5.69 Å². The summed E-state index contributed by atoms with van der Waals surface area (Å²) < 4.78 is 21.0. The number of carbonyl (C=O) groups excluding carboxylic acids is 4. The standard InChI is InChI=1S/C24H28N2O8/c1-7-32-20(28)18-19(25)26(12-16(27)31-6)15-11-9-8-10-14(15)24(18)17(13(2)33-22(24)30)21(29)34-23(3,4)5/h8-11H,7,12,25H2,1-6H3/t24-/m1/s1. The topological polar surface area (TPSA) is 134 Å². The van der Waals surface area contributed by atoms with E-state index in [-0.39, 0.29) is 41.4 Å². The highest BCUT2D eigenvalue weighted by molar-refractivity contribution is 6.16. The lowest BCUT2D eigenvalue weighted by atomic mass is 9.66. The Hall–Kier alpha value is -3.82. The Bertz CT molecular complexity index is 1130. The van der Waals surface area contributed by atoms with Crippen LogP contribution in [0.2, 0.25) is 0 Å². The second-order valence-electron chi connectivity index (χ2n) is 8.73. The van der Waals surface area contributed by atoms with Gasteiger partial charge < -0.3 is 29.6 Å². The van der Waals surface area contributed by atoms with Crippen molar-refractivity contribution in [1.29, 1.82) is 0 Å². The minimum Gasteiger partial charge on any atom is -0.468 e. The quantitative estimate of drug-likeness (QED) is 0.499. The molecule has 3 rings (SSSR count). The lowest BCUT2D eigenvalue weighted by Gasteiger charge is -2.41. The molecular formula is C24H28N2O8. The zero-order chi connectivity index (χ0) is 25.4. The molecule has 1 atom stereocenters. The minimum absolute atomic E-state index is 0.0231. The number of anilines is 1. The lowest BCUT2D eigenvalue weighted by Crippen LogP contribution is -2.52. The third-order valence-electron chi connectivity index (χ3n) is 5.40. The van der Waals surface area contributed by atoms with Crippen LogP contribution in [-0.2, 0) is 43.5 Å². The van der Waals surface area contributed by atoms with Crippen molar-refractivity contribution in [2.75, 3.05) is 25.2 Å². The van der Waals surface area contributed by atoms with Crippen LogP contribution in [0.15, 0.2) is 47.0 Å². The third-order valence-corrected chi connectivity index (χ3v) is 5.40. The average Bonchev–Trinajstić information content (AvgIpc) is 3.00. The minimum atomic E-state index is -2.05. The molecule has 182 valence electrons. The average molecular weight is 472 g/mol. The first-order valence-electron chi connectivity index (χ1n) is 10.7. The predicted molar refractivity (Wildman–Crippen MR) is 120 cm³/mol. The summed E-state index contributed by atoms with van der Waals surface area (Å²) in [6.45, 7) is 7.68. The van der Waals surface area contributed by atoms with E-state index in [2.05, 4.69) is 0 Å². The summed E-state index contributed by atoms with van der Waals surface area (Å²) in [6, 6.07) is 6.48. The van der Waals surface area contributed by atoms with Gasteiger partial charge in [0.15, 0.2) is 5.41 Å². The molecule has 0 aliphatic carbocycles. The molecule has 1 aromatic carbocycles. The van der Waals surface area contributed by atoms with Gasteiger partial charge in [0.2, 0.25) is 0 Å². The van der Waals surface area contributed by atoms with Crippen molar-refractivity contribution < 1.29 is 38.1 Å². The number of carbonyl (C=O) groups is 4. The maximum atomic E-state index is 13.6. The van der Waals surface area contributed by atoms with Crippen molar-refractivity contribution in [1.82, 2.24) is 0 Å². The molecular weight excluding hydrogens is 444 g/mol. The molecule has 2 heterocycles. The van der Waals surface area contributed by atoms with E-state index in [0.29, 0.717) is 5.69 Å². The van der Waals surface area contributed by atoms with Crippen LogP contribution >= 0.6 is 0 Å². The van der Waals surface area contributed by atoms with Crippen LogP contribution in [0, 0.1) is 0 Å². The van der Waals surface area contributed by atoms with E-state index in [1.807, 2.05) is 0 Å². The Labute approximate surface area is 197 Å². The summed E-state index contributed by atoms with van der Waals surface area (Å²) in [4.78, 5) is 53.8. The van der Waals surface area contributed by atoms with Gasteiger partial charge in [-0.3, -0.25) is 4.79 Å². The SMILES string of the molecule is CCOC(=O)C1=C(N)N(CC(=O)OC)c2ccccc2[C@]12C(=O)OC(C)=C2C(=O)OC(C)(C)C. The van der Waals surface area contributed by atoms with Crippen LogP contribution in [0.25, 0.3) is 0 Å². The Morgan fingerprint density at radius 2 is 1.76 bits per heavy atom. The highest BCUT2D eigenvalue weighted by atomic mass is 16.6. The number of hydrogen-bond donors (Lipinski definition) is 1. The fourth-order valence-corrected chi connectivity index (χ4v) is 4.17. The van der Waals surface area contributed by atoms with Gasteiger partial charge in [-0.25, -0.2) is 14.4 Å². The first kappa shape index (κ1) is 24.8. The summed E-state index contributed by atoms with van der Waals surface area (Å²) in [7, 11) is 1.22. The zero-order valence-electron chi connectivity index (χ0n) is 20.0. The number of hydrogen-bond acceptors (Lipinski definition) is 10. The van der Waals surface area contributed by atoms with Crippen molar-refractivity contribution in [3.05, 3.63) is 52.6 Å². The monoisotopic (exact) mass is 472 g/mol. The van der Waals surface area contributed by atoms with Crippen molar-refractivity contribution in [3.8, 4) is 0 Å². The van der Waals surface area contributed by atoms with Gasteiger partial charge in [-0.05, 0) is 40.7 Å². The number of para-hydroxylation sites is 1. The highest BCUT2D eigenvalue weighted by Crippen LogP contribution is 2.54. The molecule has 0 saturated carbocycles. The van der Waals surface area contributed by atoms with Gasteiger partial charge >= 0.3 is 23.9 Å². The number of allylic oxidation sites excluding steroid dienone is 1. The van der Waals surface area contributed by atoms with E-state index in [0.717, 1.165) is 0 Å². The largest absolute Gasteiger partial charge is 0.468 e. The van der Waals surface area contributed by atoms with E-state index in [1.165, 1.54) is 18.9 Å². The van der Waals surface area contributed by atoms with Crippen LogP contribution in [0.5, 0.6) is 0 Å². The van der Waals surface area contributed by atoms with Gasteiger partial charge in [-0.1, -0.05) is 18.2 Å². The number of ether oxygens (including phenoxy) is 4. The maximum Gasteiger partial charge on any atom is 0.339 e. The Morgan fingerprint density at radius 3 is 2.35 bits per heavy atom. The zero-order valence-corrected chi connectivity index (χ0v) is 20.0. The molecule has 2 N–H and O–H groups in total. The number of nitrogens with zero attached hydrogens (tertiary/aromatic N) is 1. The first-order valence-corrected chi connectivity index (χ1v) is 10.7. The smallest absolute Gasteiger partial charge is 0.339 e. The molecule has 0 saturated heterocycles. The molecule has 10 heteroatoms. The van der Waals surface area contributed by atoms with E-state index in [9.17, 15) is 19.2 Å². The fourth-order valence-electron chi connectivity index (χ4n) is 4.17. The van der Waals surface area contributed by atoms with Crippen LogP contribution in [0.3, 0.4) is 0 Å². The molecule has 2 aliphatic rings. The number of fused-ring (bicyclic) bond motifs is 2. The summed E-state index contributed by atoms with van der Waals surface area (Å²) in [5, 5.41) is 0. The molecule has 0 aromatic heterocycles.